The summed E-state index contributed by atoms with van der Waals surface area (Å²) < 4.78 is 4.45. The van der Waals surface area contributed by atoms with Crippen molar-refractivity contribution in [1.82, 2.24) is 10.2 Å². The summed E-state index contributed by atoms with van der Waals surface area (Å²) in [5.74, 6) is -1.13. The molecule has 0 heterocycles. The molecule has 2 N–H and O–H groups in total. The van der Waals surface area contributed by atoms with Crippen LogP contribution in [0, 0.1) is 5.92 Å². The van der Waals surface area contributed by atoms with Gasteiger partial charge in [0.15, 0.2) is 0 Å². The number of methoxy groups -OCH3 is 1. The fraction of sp³-hybridized carbons (Fsp3) is 0.769. The second kappa shape index (κ2) is 7.72. The first-order chi connectivity index (χ1) is 9.43. The third-order valence-corrected chi connectivity index (χ3v) is 3.56. The number of nitrogens with one attached hydrogen (secondary N) is 1. The number of carbonyl (C=O) groups excluding carboxylic acids is 2. The van der Waals surface area contributed by atoms with Crippen LogP contribution in [0.15, 0.2) is 0 Å². The zero-order valence-electron chi connectivity index (χ0n) is 11.9. The molecule has 0 radical (unpaired) electrons. The summed E-state index contributed by atoms with van der Waals surface area (Å²) in [6, 6.07) is -1.50. The summed E-state index contributed by atoms with van der Waals surface area (Å²) in [6.45, 7) is 0.634. The van der Waals surface area contributed by atoms with Crippen molar-refractivity contribution in [2.24, 2.45) is 5.92 Å². The summed E-state index contributed by atoms with van der Waals surface area (Å²) in [7, 11) is 2.88. The van der Waals surface area contributed by atoms with Crippen molar-refractivity contribution in [3.8, 4) is 0 Å². The standard InChI is InChI=1S/C13H22N2O5/c1-15(8-9-4-3-5-9)13(19)14-10(12(17)18)6-7-11(16)20-2/h9-10H,3-8H2,1-2H3,(H,14,19)(H,17,18)/t10-/m0/s1. The van der Waals surface area contributed by atoms with E-state index in [0.717, 1.165) is 12.8 Å². The summed E-state index contributed by atoms with van der Waals surface area (Å²) in [6.07, 6.45) is 3.40. The van der Waals surface area contributed by atoms with Crippen LogP contribution in [-0.2, 0) is 14.3 Å². The fourth-order valence-electron chi connectivity index (χ4n) is 2.03. The zero-order chi connectivity index (χ0) is 15.1. The molecule has 1 aliphatic rings. The van der Waals surface area contributed by atoms with Crippen LogP contribution in [0.2, 0.25) is 0 Å². The van der Waals surface area contributed by atoms with Gasteiger partial charge in [-0.15, -0.1) is 0 Å². The zero-order valence-corrected chi connectivity index (χ0v) is 11.9. The van der Waals surface area contributed by atoms with Gasteiger partial charge in [0.2, 0.25) is 0 Å². The fourth-order valence-corrected chi connectivity index (χ4v) is 2.03. The summed E-state index contributed by atoms with van der Waals surface area (Å²) in [5.41, 5.74) is 0. The summed E-state index contributed by atoms with van der Waals surface area (Å²) >= 11 is 0. The molecule has 7 heteroatoms. The molecule has 0 aromatic carbocycles. The minimum atomic E-state index is -1.15. The van der Waals surface area contributed by atoms with E-state index in [-0.39, 0.29) is 12.8 Å². The Morgan fingerprint density at radius 1 is 1.40 bits per heavy atom. The number of urea groups is 1. The molecule has 1 rings (SSSR count). The molecule has 1 fully saturated rings. The molecule has 0 aromatic heterocycles. The number of esters is 1. The largest absolute Gasteiger partial charge is 0.480 e. The van der Waals surface area contributed by atoms with Gasteiger partial charge in [-0.2, -0.15) is 0 Å². The van der Waals surface area contributed by atoms with Gasteiger partial charge < -0.3 is 20.1 Å². The summed E-state index contributed by atoms with van der Waals surface area (Å²) in [5, 5.41) is 11.5. The monoisotopic (exact) mass is 286 g/mol. The highest BCUT2D eigenvalue weighted by molar-refractivity contribution is 5.83. The second-order valence-electron chi connectivity index (χ2n) is 5.13. The Hall–Kier alpha value is -1.79. The minimum Gasteiger partial charge on any atom is -0.480 e. The lowest BCUT2D eigenvalue weighted by atomic mass is 9.85. The van der Waals surface area contributed by atoms with E-state index < -0.39 is 24.0 Å². The lowest BCUT2D eigenvalue weighted by Crippen LogP contribution is -2.48. The minimum absolute atomic E-state index is 0.0189. The molecule has 0 spiro atoms. The number of carbonyl (C=O) groups is 3. The lowest BCUT2D eigenvalue weighted by molar-refractivity contribution is -0.142. The average Bonchev–Trinajstić information content (AvgIpc) is 2.37. The first kappa shape index (κ1) is 16.3. The first-order valence-electron chi connectivity index (χ1n) is 6.75. The van der Waals surface area contributed by atoms with Crippen LogP contribution in [0.4, 0.5) is 4.79 Å². The maximum atomic E-state index is 11.9. The van der Waals surface area contributed by atoms with Crippen LogP contribution < -0.4 is 5.32 Å². The molecule has 1 aliphatic carbocycles. The maximum absolute atomic E-state index is 11.9. The Morgan fingerprint density at radius 3 is 2.50 bits per heavy atom. The van der Waals surface area contributed by atoms with Gasteiger partial charge in [-0.25, -0.2) is 9.59 Å². The molecular formula is C13H22N2O5. The Balaban J connectivity index is 2.40. The average molecular weight is 286 g/mol. The van der Waals surface area contributed by atoms with Crippen LogP contribution >= 0.6 is 0 Å². The summed E-state index contributed by atoms with van der Waals surface area (Å²) in [4.78, 5) is 35.5. The molecule has 1 atom stereocenters. The van der Waals surface area contributed by atoms with Crippen molar-refractivity contribution < 1.29 is 24.2 Å². The molecule has 114 valence electrons. The molecule has 0 saturated heterocycles. The normalized spacial score (nSPS) is 15.9. The number of hydrogen-bond acceptors (Lipinski definition) is 4. The van der Waals surface area contributed by atoms with Gasteiger partial charge >= 0.3 is 18.0 Å². The second-order valence-corrected chi connectivity index (χ2v) is 5.13. The maximum Gasteiger partial charge on any atom is 0.326 e. The number of carboxylic acid groups (broad SMARTS) is 1. The van der Waals surface area contributed by atoms with Gasteiger partial charge in [0.25, 0.3) is 0 Å². The van der Waals surface area contributed by atoms with Crippen molar-refractivity contribution in [1.29, 1.82) is 0 Å². The predicted octanol–water partition coefficient (Wildman–Crippen LogP) is 0.834. The molecule has 0 aliphatic heterocycles. The molecule has 7 nitrogen and oxygen atoms in total. The molecule has 20 heavy (non-hydrogen) atoms. The third kappa shape index (κ3) is 5.07. The van der Waals surface area contributed by atoms with Gasteiger partial charge in [0, 0.05) is 20.0 Å². The van der Waals surface area contributed by atoms with E-state index in [4.69, 9.17) is 5.11 Å². The van der Waals surface area contributed by atoms with Crippen LogP contribution in [0.5, 0.6) is 0 Å². The number of ether oxygens (including phenoxy) is 1. The number of aliphatic carboxylic acids is 1. The van der Waals surface area contributed by atoms with Crippen LogP contribution in [0.25, 0.3) is 0 Å². The molecular weight excluding hydrogens is 264 g/mol. The van der Waals surface area contributed by atoms with Gasteiger partial charge in [-0.3, -0.25) is 4.79 Å². The first-order valence-corrected chi connectivity index (χ1v) is 6.75. The number of carboxylic acids is 1. The highest BCUT2D eigenvalue weighted by Gasteiger charge is 2.25. The van der Waals surface area contributed by atoms with Crippen LogP contribution in [0.1, 0.15) is 32.1 Å². The molecule has 2 amide bonds. The third-order valence-electron chi connectivity index (χ3n) is 3.56. The molecule has 0 aromatic rings. The SMILES string of the molecule is COC(=O)CC[C@H](NC(=O)N(C)CC1CCC1)C(=O)O. The molecule has 0 bridgehead atoms. The van der Waals surface area contributed by atoms with Crippen molar-refractivity contribution in [2.45, 2.75) is 38.1 Å². The number of rotatable bonds is 7. The quantitative estimate of drug-likeness (QED) is 0.676. The number of hydrogen-bond donors (Lipinski definition) is 2. The van der Waals surface area contributed by atoms with E-state index in [1.165, 1.54) is 18.4 Å². The van der Waals surface area contributed by atoms with E-state index in [1.54, 1.807) is 7.05 Å². The predicted molar refractivity (Wildman–Crippen MR) is 71.2 cm³/mol. The van der Waals surface area contributed by atoms with Gasteiger partial charge in [0.1, 0.15) is 6.04 Å². The Bertz CT molecular complexity index is 368. The Labute approximate surface area is 118 Å². The van der Waals surface area contributed by atoms with Gasteiger partial charge in [0.05, 0.1) is 7.11 Å². The highest BCUT2D eigenvalue weighted by atomic mass is 16.5. The molecule has 1 saturated carbocycles. The van der Waals surface area contributed by atoms with E-state index in [2.05, 4.69) is 10.1 Å². The van der Waals surface area contributed by atoms with E-state index in [1.807, 2.05) is 0 Å². The van der Waals surface area contributed by atoms with Gasteiger partial charge in [-0.05, 0) is 25.2 Å². The van der Waals surface area contributed by atoms with E-state index in [0.29, 0.717) is 12.5 Å². The van der Waals surface area contributed by atoms with E-state index >= 15 is 0 Å². The topological polar surface area (TPSA) is 95.9 Å². The van der Waals surface area contributed by atoms with Crippen molar-refractivity contribution in [2.75, 3.05) is 20.7 Å². The number of nitrogens with zero attached hydrogens (tertiary/aromatic N) is 1. The van der Waals surface area contributed by atoms with Crippen molar-refractivity contribution in [3.63, 3.8) is 0 Å². The van der Waals surface area contributed by atoms with Gasteiger partial charge in [-0.1, -0.05) is 6.42 Å². The van der Waals surface area contributed by atoms with Crippen LogP contribution in [0.3, 0.4) is 0 Å². The van der Waals surface area contributed by atoms with E-state index in [9.17, 15) is 14.4 Å². The lowest BCUT2D eigenvalue weighted by Gasteiger charge is -2.30. The Kier molecular flexibility index (Phi) is 6.27. The number of amides is 2. The smallest absolute Gasteiger partial charge is 0.326 e. The molecule has 0 unspecified atom stereocenters. The van der Waals surface area contributed by atoms with Crippen molar-refractivity contribution in [3.05, 3.63) is 0 Å². The van der Waals surface area contributed by atoms with Crippen LogP contribution in [-0.4, -0.2) is 54.7 Å². The Morgan fingerprint density at radius 2 is 2.05 bits per heavy atom. The highest BCUT2D eigenvalue weighted by Crippen LogP contribution is 2.26. The van der Waals surface area contributed by atoms with Crippen molar-refractivity contribution >= 4 is 18.0 Å².